The number of hydrogen-bond acceptors (Lipinski definition) is 4. The molecule has 110 valence electrons. The van der Waals surface area contributed by atoms with Gasteiger partial charge in [-0.3, -0.25) is 19.4 Å². The van der Waals surface area contributed by atoms with Crippen LogP contribution >= 0.6 is 0 Å². The molecule has 21 heavy (non-hydrogen) atoms. The number of anilines is 1. The highest BCUT2D eigenvalue weighted by Gasteiger charge is 2.19. The summed E-state index contributed by atoms with van der Waals surface area (Å²) in [6.45, 7) is 3.40. The zero-order valence-electron chi connectivity index (χ0n) is 11.6. The van der Waals surface area contributed by atoms with Crippen molar-refractivity contribution >= 4 is 17.6 Å². The molecule has 0 fully saturated rings. The Morgan fingerprint density at radius 3 is 2.48 bits per heavy atom. The number of carbonyl (C=O) groups is 2. The van der Waals surface area contributed by atoms with Crippen LogP contribution in [-0.2, 0) is 9.59 Å². The summed E-state index contributed by atoms with van der Waals surface area (Å²) in [7, 11) is 0. The molecular weight excluding hydrogens is 270 g/mol. The van der Waals surface area contributed by atoms with E-state index in [0.29, 0.717) is 5.69 Å². The number of benzene rings is 1. The number of amides is 1. The molecule has 1 aromatic carbocycles. The van der Waals surface area contributed by atoms with Gasteiger partial charge in [-0.05, 0) is 12.1 Å². The van der Waals surface area contributed by atoms with Crippen molar-refractivity contribution in [3.05, 3.63) is 43.0 Å². The summed E-state index contributed by atoms with van der Waals surface area (Å²) in [6, 6.07) is 10.7. The molecule has 0 aliphatic carbocycles. The Morgan fingerprint density at radius 2 is 1.95 bits per heavy atom. The van der Waals surface area contributed by atoms with Crippen LogP contribution in [0, 0.1) is 11.3 Å². The maximum absolute atomic E-state index is 12.3. The van der Waals surface area contributed by atoms with Gasteiger partial charge in [-0.1, -0.05) is 24.3 Å². The molecule has 0 spiro atoms. The Labute approximate surface area is 123 Å². The first-order chi connectivity index (χ1) is 10.1. The molecule has 1 rings (SSSR count). The minimum Gasteiger partial charge on any atom is -0.480 e. The Hall–Kier alpha value is -2.65. The van der Waals surface area contributed by atoms with E-state index in [1.807, 2.05) is 12.1 Å². The normalized spacial score (nSPS) is 9.90. The molecule has 1 amide bonds. The fourth-order valence-electron chi connectivity index (χ4n) is 1.84. The number of carbonyl (C=O) groups excluding carboxylic acids is 1. The van der Waals surface area contributed by atoms with Crippen LogP contribution in [0.3, 0.4) is 0 Å². The summed E-state index contributed by atoms with van der Waals surface area (Å²) in [6.07, 6.45) is 1.54. The maximum Gasteiger partial charge on any atom is 0.317 e. The smallest absolute Gasteiger partial charge is 0.317 e. The number of para-hydroxylation sites is 1. The maximum atomic E-state index is 12.3. The molecule has 0 aromatic heterocycles. The second-order valence-corrected chi connectivity index (χ2v) is 4.33. The van der Waals surface area contributed by atoms with Gasteiger partial charge in [0, 0.05) is 12.2 Å². The average molecular weight is 287 g/mol. The van der Waals surface area contributed by atoms with E-state index in [-0.39, 0.29) is 32.1 Å². The van der Waals surface area contributed by atoms with Gasteiger partial charge < -0.3 is 5.11 Å². The third kappa shape index (κ3) is 5.47. The van der Waals surface area contributed by atoms with Crippen molar-refractivity contribution in [1.82, 2.24) is 4.90 Å². The number of rotatable bonds is 8. The Bertz CT molecular complexity index is 537. The van der Waals surface area contributed by atoms with Gasteiger partial charge in [0.05, 0.1) is 19.2 Å². The average Bonchev–Trinajstić information content (AvgIpc) is 2.45. The molecule has 0 unspecified atom stereocenters. The molecule has 0 heterocycles. The van der Waals surface area contributed by atoms with Gasteiger partial charge in [-0.15, -0.1) is 6.58 Å². The largest absolute Gasteiger partial charge is 0.480 e. The van der Waals surface area contributed by atoms with Crippen LogP contribution in [0.25, 0.3) is 0 Å². The lowest BCUT2D eigenvalue weighted by molar-refractivity contribution is -0.138. The summed E-state index contributed by atoms with van der Waals surface area (Å²) in [5.41, 5.74) is 0.609. The SMILES string of the molecule is C=CCN(CC(=O)O)CC(=O)N(CC#N)c1ccccc1. The molecule has 0 aliphatic heterocycles. The van der Waals surface area contributed by atoms with E-state index in [1.54, 1.807) is 24.3 Å². The molecule has 6 heteroatoms. The molecule has 0 aliphatic rings. The van der Waals surface area contributed by atoms with Crippen LogP contribution in [0.2, 0.25) is 0 Å². The standard InChI is InChI=1S/C15H17N3O3/c1-2-9-17(12-15(20)21)11-14(19)18(10-8-16)13-6-4-3-5-7-13/h2-7H,1,9-12H2,(H,20,21). The second kappa shape index (κ2) is 8.51. The van der Waals surface area contributed by atoms with Gasteiger partial charge in [-0.25, -0.2) is 0 Å². The molecule has 1 aromatic rings. The monoisotopic (exact) mass is 287 g/mol. The molecule has 0 radical (unpaired) electrons. The Kier molecular flexibility index (Phi) is 6.65. The van der Waals surface area contributed by atoms with E-state index < -0.39 is 5.97 Å². The lowest BCUT2D eigenvalue weighted by Gasteiger charge is -2.24. The number of carboxylic acid groups (broad SMARTS) is 1. The quantitative estimate of drug-likeness (QED) is 0.572. The number of carboxylic acids is 1. The molecule has 6 nitrogen and oxygen atoms in total. The lowest BCUT2D eigenvalue weighted by atomic mass is 10.2. The molecule has 0 bridgehead atoms. The Balaban J connectivity index is 2.83. The number of hydrogen-bond donors (Lipinski definition) is 1. The van der Waals surface area contributed by atoms with E-state index in [2.05, 4.69) is 6.58 Å². The van der Waals surface area contributed by atoms with Crippen LogP contribution in [0.5, 0.6) is 0 Å². The van der Waals surface area contributed by atoms with Crippen LogP contribution in [0.15, 0.2) is 43.0 Å². The minimum atomic E-state index is -1.02. The van der Waals surface area contributed by atoms with Gasteiger partial charge in [0.2, 0.25) is 5.91 Å². The lowest BCUT2D eigenvalue weighted by Crippen LogP contribution is -2.42. The fraction of sp³-hybridized carbons (Fsp3) is 0.267. The highest BCUT2D eigenvalue weighted by molar-refractivity contribution is 5.95. The summed E-state index contributed by atoms with van der Waals surface area (Å²) in [5.74, 6) is -1.35. The topological polar surface area (TPSA) is 84.6 Å². The first-order valence-corrected chi connectivity index (χ1v) is 6.36. The van der Waals surface area contributed by atoms with Gasteiger partial charge in [0.25, 0.3) is 0 Å². The van der Waals surface area contributed by atoms with Crippen LogP contribution in [0.1, 0.15) is 0 Å². The summed E-state index contributed by atoms with van der Waals surface area (Å²) < 4.78 is 0. The van der Waals surface area contributed by atoms with Gasteiger partial charge >= 0.3 is 5.97 Å². The van der Waals surface area contributed by atoms with Crippen molar-refractivity contribution in [3.8, 4) is 6.07 Å². The van der Waals surface area contributed by atoms with E-state index in [4.69, 9.17) is 10.4 Å². The van der Waals surface area contributed by atoms with Crippen molar-refractivity contribution in [1.29, 1.82) is 5.26 Å². The fourth-order valence-corrected chi connectivity index (χ4v) is 1.84. The predicted molar refractivity (Wildman–Crippen MR) is 78.7 cm³/mol. The third-order valence-electron chi connectivity index (χ3n) is 2.70. The Morgan fingerprint density at radius 1 is 1.29 bits per heavy atom. The molecule has 0 saturated heterocycles. The van der Waals surface area contributed by atoms with Crippen LogP contribution in [-0.4, -0.2) is 48.1 Å². The van der Waals surface area contributed by atoms with Crippen LogP contribution < -0.4 is 4.90 Å². The van der Waals surface area contributed by atoms with Crippen molar-refractivity contribution in [2.45, 2.75) is 0 Å². The zero-order chi connectivity index (χ0) is 15.7. The summed E-state index contributed by atoms with van der Waals surface area (Å²) in [4.78, 5) is 25.9. The zero-order valence-corrected chi connectivity index (χ0v) is 11.6. The van der Waals surface area contributed by atoms with Gasteiger partial charge in [0.1, 0.15) is 6.54 Å². The van der Waals surface area contributed by atoms with E-state index in [1.165, 1.54) is 15.9 Å². The summed E-state index contributed by atoms with van der Waals surface area (Å²) >= 11 is 0. The number of nitrogens with zero attached hydrogens (tertiary/aromatic N) is 3. The van der Waals surface area contributed by atoms with Gasteiger partial charge in [0.15, 0.2) is 0 Å². The van der Waals surface area contributed by atoms with Crippen molar-refractivity contribution in [2.75, 3.05) is 31.1 Å². The highest BCUT2D eigenvalue weighted by atomic mass is 16.4. The van der Waals surface area contributed by atoms with Crippen molar-refractivity contribution < 1.29 is 14.7 Å². The van der Waals surface area contributed by atoms with E-state index in [0.717, 1.165) is 0 Å². The summed E-state index contributed by atoms with van der Waals surface area (Å²) in [5, 5.41) is 17.7. The number of aliphatic carboxylic acids is 1. The van der Waals surface area contributed by atoms with E-state index in [9.17, 15) is 9.59 Å². The molecular formula is C15H17N3O3. The number of nitriles is 1. The molecule has 1 N–H and O–H groups in total. The first-order valence-electron chi connectivity index (χ1n) is 6.36. The second-order valence-electron chi connectivity index (χ2n) is 4.33. The molecule has 0 atom stereocenters. The van der Waals surface area contributed by atoms with Gasteiger partial charge in [-0.2, -0.15) is 5.26 Å². The highest BCUT2D eigenvalue weighted by Crippen LogP contribution is 2.13. The first kappa shape index (κ1) is 16.4. The minimum absolute atomic E-state index is 0.0855. The molecule has 0 saturated carbocycles. The van der Waals surface area contributed by atoms with Crippen molar-refractivity contribution in [3.63, 3.8) is 0 Å². The third-order valence-corrected chi connectivity index (χ3v) is 2.70. The van der Waals surface area contributed by atoms with Crippen molar-refractivity contribution in [2.24, 2.45) is 0 Å². The predicted octanol–water partition coefficient (Wildman–Crippen LogP) is 1.12. The van der Waals surface area contributed by atoms with Crippen LogP contribution in [0.4, 0.5) is 5.69 Å². The van der Waals surface area contributed by atoms with E-state index >= 15 is 0 Å².